The molecule has 0 saturated carbocycles. The van der Waals surface area contributed by atoms with Gasteiger partial charge in [-0.15, -0.1) is 0 Å². The van der Waals surface area contributed by atoms with Crippen LogP contribution in [0.2, 0.25) is 0 Å². The van der Waals surface area contributed by atoms with Crippen molar-refractivity contribution in [3.05, 3.63) is 63.6 Å². The predicted octanol–water partition coefficient (Wildman–Crippen LogP) is 3.39. The van der Waals surface area contributed by atoms with Crippen molar-refractivity contribution in [3.63, 3.8) is 0 Å². The van der Waals surface area contributed by atoms with Crippen molar-refractivity contribution < 1.29 is 9.90 Å². The molecule has 0 unspecified atom stereocenters. The fourth-order valence-corrected chi connectivity index (χ4v) is 2.05. The second-order valence-corrected chi connectivity index (χ2v) is 5.16. The third kappa shape index (κ3) is 3.35. The molecule has 2 rings (SSSR count). The Hall–Kier alpha value is -1.81. The number of phenolic OH excluding ortho intramolecular Hbond substituents is 1. The maximum absolute atomic E-state index is 12.0. The fraction of sp³-hybridized carbons (Fsp3) is 0.133. The fourth-order valence-electron chi connectivity index (χ4n) is 1.68. The number of benzene rings is 2. The lowest BCUT2D eigenvalue weighted by Crippen LogP contribution is -2.22. The molecule has 3 nitrogen and oxygen atoms in total. The normalized spacial score (nSPS) is 10.2. The van der Waals surface area contributed by atoms with Crippen LogP contribution < -0.4 is 5.32 Å². The third-order valence-electron chi connectivity index (χ3n) is 2.81. The number of rotatable bonds is 3. The summed E-state index contributed by atoms with van der Waals surface area (Å²) in [5.41, 5.74) is 2.47. The Bertz CT molecular complexity index is 594. The molecular weight excluding hydrogens is 306 g/mol. The largest absolute Gasteiger partial charge is 0.506 e. The highest BCUT2D eigenvalue weighted by Gasteiger charge is 2.12. The Morgan fingerprint density at radius 1 is 1.21 bits per heavy atom. The molecule has 0 aliphatic heterocycles. The molecule has 19 heavy (non-hydrogen) atoms. The molecule has 0 spiro atoms. The molecule has 0 fully saturated rings. The number of aromatic hydroxyl groups is 1. The van der Waals surface area contributed by atoms with E-state index in [1.165, 1.54) is 5.56 Å². The second kappa shape index (κ2) is 5.89. The molecule has 0 heterocycles. The van der Waals surface area contributed by atoms with Gasteiger partial charge in [-0.05, 0) is 40.5 Å². The highest BCUT2D eigenvalue weighted by molar-refractivity contribution is 9.10. The highest BCUT2D eigenvalue weighted by Crippen LogP contribution is 2.27. The molecule has 4 heteroatoms. The van der Waals surface area contributed by atoms with Crippen LogP contribution in [0.4, 0.5) is 0 Å². The number of hydrogen-bond donors (Lipinski definition) is 2. The first-order chi connectivity index (χ1) is 9.08. The minimum absolute atomic E-state index is 0.0380. The van der Waals surface area contributed by atoms with Gasteiger partial charge in [-0.25, -0.2) is 0 Å². The average molecular weight is 320 g/mol. The van der Waals surface area contributed by atoms with E-state index < -0.39 is 0 Å². The van der Waals surface area contributed by atoms with Crippen LogP contribution in [-0.2, 0) is 6.54 Å². The van der Waals surface area contributed by atoms with Crippen molar-refractivity contribution in [2.45, 2.75) is 13.5 Å². The van der Waals surface area contributed by atoms with Gasteiger partial charge in [0.1, 0.15) is 5.75 Å². The quantitative estimate of drug-likeness (QED) is 0.911. The number of amides is 1. The van der Waals surface area contributed by atoms with E-state index in [1.807, 2.05) is 31.2 Å². The van der Waals surface area contributed by atoms with Gasteiger partial charge in [-0.2, -0.15) is 0 Å². The van der Waals surface area contributed by atoms with Crippen molar-refractivity contribution in [1.29, 1.82) is 0 Å². The Morgan fingerprint density at radius 2 is 1.89 bits per heavy atom. The number of nitrogens with one attached hydrogen (secondary N) is 1. The third-order valence-corrected chi connectivity index (χ3v) is 3.44. The second-order valence-electron chi connectivity index (χ2n) is 4.30. The van der Waals surface area contributed by atoms with Gasteiger partial charge in [0.2, 0.25) is 0 Å². The van der Waals surface area contributed by atoms with E-state index in [9.17, 15) is 9.90 Å². The molecule has 2 aromatic rings. The molecule has 0 radical (unpaired) electrons. The Balaban J connectivity index is 2.05. The standard InChI is InChI=1S/C15H14BrNO2/c1-10-5-7-11(8-6-10)9-17-15(19)12-3-2-4-13(16)14(12)18/h2-8,18H,9H2,1H3,(H,17,19). The molecule has 0 aromatic heterocycles. The van der Waals surface area contributed by atoms with Gasteiger partial charge in [0, 0.05) is 6.54 Å². The molecule has 0 aliphatic carbocycles. The maximum atomic E-state index is 12.0. The summed E-state index contributed by atoms with van der Waals surface area (Å²) in [5.74, 6) is -0.330. The Morgan fingerprint density at radius 3 is 2.58 bits per heavy atom. The molecule has 2 aromatic carbocycles. The zero-order valence-electron chi connectivity index (χ0n) is 10.5. The smallest absolute Gasteiger partial charge is 0.255 e. The van der Waals surface area contributed by atoms with Gasteiger partial charge in [0.05, 0.1) is 10.0 Å². The predicted molar refractivity (Wildman–Crippen MR) is 78.2 cm³/mol. The monoisotopic (exact) mass is 319 g/mol. The topological polar surface area (TPSA) is 49.3 Å². The van der Waals surface area contributed by atoms with E-state index in [0.717, 1.165) is 5.56 Å². The Kier molecular flexibility index (Phi) is 4.22. The summed E-state index contributed by atoms with van der Waals surface area (Å²) in [4.78, 5) is 12.0. The van der Waals surface area contributed by atoms with Crippen molar-refractivity contribution >= 4 is 21.8 Å². The molecule has 1 amide bonds. The minimum atomic E-state index is -0.292. The number of carbonyl (C=O) groups excluding carboxylic acids is 1. The minimum Gasteiger partial charge on any atom is -0.506 e. The van der Waals surface area contributed by atoms with Crippen LogP contribution in [0.15, 0.2) is 46.9 Å². The van der Waals surface area contributed by atoms with Crippen LogP contribution in [0.3, 0.4) is 0 Å². The average Bonchev–Trinajstić information content (AvgIpc) is 2.41. The van der Waals surface area contributed by atoms with Gasteiger partial charge in [-0.3, -0.25) is 4.79 Å². The first-order valence-corrected chi connectivity index (χ1v) is 6.68. The number of hydrogen-bond acceptors (Lipinski definition) is 2. The molecular formula is C15H14BrNO2. The van der Waals surface area contributed by atoms with E-state index >= 15 is 0 Å². The zero-order valence-corrected chi connectivity index (χ0v) is 12.1. The lowest BCUT2D eigenvalue weighted by Gasteiger charge is -2.08. The maximum Gasteiger partial charge on any atom is 0.255 e. The molecule has 0 aliphatic rings. The van der Waals surface area contributed by atoms with Crippen LogP contribution in [0.1, 0.15) is 21.5 Å². The van der Waals surface area contributed by atoms with Crippen molar-refractivity contribution in [1.82, 2.24) is 5.32 Å². The molecule has 0 saturated heterocycles. The van der Waals surface area contributed by atoms with Gasteiger partial charge in [0.15, 0.2) is 0 Å². The van der Waals surface area contributed by atoms with Crippen LogP contribution in [0.25, 0.3) is 0 Å². The molecule has 98 valence electrons. The van der Waals surface area contributed by atoms with E-state index in [1.54, 1.807) is 18.2 Å². The summed E-state index contributed by atoms with van der Waals surface area (Å²) in [6, 6.07) is 12.9. The van der Waals surface area contributed by atoms with E-state index in [0.29, 0.717) is 11.0 Å². The van der Waals surface area contributed by atoms with Gasteiger partial charge < -0.3 is 10.4 Å². The van der Waals surface area contributed by atoms with E-state index in [-0.39, 0.29) is 17.2 Å². The summed E-state index contributed by atoms with van der Waals surface area (Å²) in [5, 5.41) is 12.6. The van der Waals surface area contributed by atoms with E-state index in [2.05, 4.69) is 21.2 Å². The SMILES string of the molecule is Cc1ccc(CNC(=O)c2cccc(Br)c2O)cc1. The molecule has 2 N–H and O–H groups in total. The number of carbonyl (C=O) groups is 1. The Labute approximate surface area is 120 Å². The van der Waals surface area contributed by atoms with Crippen molar-refractivity contribution in [3.8, 4) is 5.75 Å². The number of aryl methyl sites for hydroxylation is 1. The summed E-state index contributed by atoms with van der Waals surface area (Å²) in [6.07, 6.45) is 0. The summed E-state index contributed by atoms with van der Waals surface area (Å²) in [6.45, 7) is 2.45. The number of halogens is 1. The lowest BCUT2D eigenvalue weighted by atomic mass is 10.1. The molecule has 0 atom stereocenters. The molecule has 0 bridgehead atoms. The van der Waals surface area contributed by atoms with Crippen LogP contribution in [-0.4, -0.2) is 11.0 Å². The number of para-hydroxylation sites is 1. The summed E-state index contributed by atoms with van der Waals surface area (Å²) in [7, 11) is 0. The zero-order chi connectivity index (χ0) is 13.8. The first-order valence-electron chi connectivity index (χ1n) is 5.89. The highest BCUT2D eigenvalue weighted by atomic mass is 79.9. The van der Waals surface area contributed by atoms with Gasteiger partial charge in [0.25, 0.3) is 5.91 Å². The van der Waals surface area contributed by atoms with Gasteiger partial charge >= 0.3 is 0 Å². The summed E-state index contributed by atoms with van der Waals surface area (Å²) >= 11 is 3.19. The van der Waals surface area contributed by atoms with Crippen molar-refractivity contribution in [2.75, 3.05) is 0 Å². The van der Waals surface area contributed by atoms with Crippen LogP contribution in [0, 0.1) is 6.92 Å². The van der Waals surface area contributed by atoms with E-state index in [4.69, 9.17) is 0 Å². The van der Waals surface area contributed by atoms with Crippen molar-refractivity contribution in [2.24, 2.45) is 0 Å². The van der Waals surface area contributed by atoms with Crippen LogP contribution in [0.5, 0.6) is 5.75 Å². The van der Waals surface area contributed by atoms with Gasteiger partial charge in [-0.1, -0.05) is 35.9 Å². The first kappa shape index (κ1) is 13.6. The number of phenols is 1. The lowest BCUT2D eigenvalue weighted by molar-refractivity contribution is 0.0948. The van der Waals surface area contributed by atoms with Crippen LogP contribution >= 0.6 is 15.9 Å². The summed E-state index contributed by atoms with van der Waals surface area (Å²) < 4.78 is 0.510.